The highest BCUT2D eigenvalue weighted by Gasteiger charge is 2.35. The number of carbonyl (C=O) groups is 1. The predicted molar refractivity (Wildman–Crippen MR) is 169 cm³/mol. The van der Waals surface area contributed by atoms with Crippen LogP contribution in [-0.2, 0) is 23.2 Å². The van der Waals surface area contributed by atoms with E-state index >= 15 is 0 Å². The van der Waals surface area contributed by atoms with Gasteiger partial charge in [-0.05, 0) is 96.7 Å². The molecule has 0 bridgehead atoms. The van der Waals surface area contributed by atoms with Gasteiger partial charge in [0.25, 0.3) is 0 Å². The van der Waals surface area contributed by atoms with E-state index in [1.165, 1.54) is 25.3 Å². The molecule has 1 heterocycles. The third-order valence-corrected chi connectivity index (χ3v) is 8.43. The standard InChI is InChI=1S/C29H26ClNO3.C5H10S/c1-29(34,28(32)33)26-11-3-2-9-22(26)10-5-8-20-6-4-7-21(18-20)12-16-25-17-14-23-13-15-24(30)19-27(23)31-25;1-5(4-6)2-3-5/h2-4,6-7,9,11-19,34H,5,8,10H2,1H3,(H,32,33);6H,2-4H2,1H3/b16-12+;. The van der Waals surface area contributed by atoms with Crippen molar-refractivity contribution in [2.75, 3.05) is 5.75 Å². The summed E-state index contributed by atoms with van der Waals surface area (Å²) in [5.41, 5.74) is 4.07. The first-order valence-corrected chi connectivity index (χ1v) is 14.6. The number of fused-ring (bicyclic) bond motifs is 1. The van der Waals surface area contributed by atoms with Gasteiger partial charge in [0.15, 0.2) is 5.60 Å². The maximum atomic E-state index is 11.5. The van der Waals surface area contributed by atoms with E-state index in [0.29, 0.717) is 22.4 Å². The van der Waals surface area contributed by atoms with E-state index in [2.05, 4.69) is 42.7 Å². The highest BCUT2D eigenvalue weighted by Crippen LogP contribution is 2.45. The molecule has 0 aliphatic heterocycles. The van der Waals surface area contributed by atoms with Crippen molar-refractivity contribution in [1.82, 2.24) is 4.98 Å². The van der Waals surface area contributed by atoms with Gasteiger partial charge >= 0.3 is 5.97 Å². The molecular formula is C34H36ClNO3S. The van der Waals surface area contributed by atoms with Crippen LogP contribution in [0.4, 0.5) is 0 Å². The summed E-state index contributed by atoms with van der Waals surface area (Å²) in [6.45, 7) is 3.60. The van der Waals surface area contributed by atoms with Crippen molar-refractivity contribution in [3.05, 3.63) is 112 Å². The molecule has 208 valence electrons. The number of benzene rings is 3. The van der Waals surface area contributed by atoms with Crippen molar-refractivity contribution in [3.63, 3.8) is 0 Å². The number of nitrogens with zero attached hydrogens (tertiary/aromatic N) is 1. The molecule has 0 saturated heterocycles. The van der Waals surface area contributed by atoms with Crippen LogP contribution in [0.5, 0.6) is 0 Å². The number of aliphatic hydroxyl groups is 1. The normalized spacial score (nSPS) is 15.3. The Morgan fingerprint density at radius 1 is 1.02 bits per heavy atom. The summed E-state index contributed by atoms with van der Waals surface area (Å²) in [5, 5.41) is 21.5. The summed E-state index contributed by atoms with van der Waals surface area (Å²) in [6, 6.07) is 25.2. The van der Waals surface area contributed by atoms with Gasteiger partial charge in [-0.2, -0.15) is 12.6 Å². The van der Waals surface area contributed by atoms with Crippen molar-refractivity contribution >= 4 is 53.3 Å². The van der Waals surface area contributed by atoms with E-state index in [9.17, 15) is 15.0 Å². The molecule has 1 unspecified atom stereocenters. The lowest BCUT2D eigenvalue weighted by atomic mass is 9.89. The monoisotopic (exact) mass is 573 g/mol. The number of thiol groups is 1. The summed E-state index contributed by atoms with van der Waals surface area (Å²) < 4.78 is 0. The predicted octanol–water partition coefficient (Wildman–Crippen LogP) is 8.24. The third kappa shape index (κ3) is 7.97. The molecule has 1 aromatic heterocycles. The van der Waals surface area contributed by atoms with Gasteiger partial charge in [0.1, 0.15) is 0 Å². The molecule has 40 heavy (non-hydrogen) atoms. The molecule has 3 aromatic carbocycles. The Kier molecular flexibility index (Phi) is 9.72. The smallest absolute Gasteiger partial charge is 0.340 e. The molecule has 1 saturated carbocycles. The van der Waals surface area contributed by atoms with Gasteiger partial charge in [0.2, 0.25) is 0 Å². The Balaban J connectivity index is 0.000000546. The summed E-state index contributed by atoms with van der Waals surface area (Å²) in [6.07, 6.45) is 9.20. The van der Waals surface area contributed by atoms with Crippen LogP contribution in [0, 0.1) is 5.41 Å². The molecule has 1 fully saturated rings. The van der Waals surface area contributed by atoms with E-state index in [4.69, 9.17) is 11.6 Å². The molecule has 0 amide bonds. The minimum absolute atomic E-state index is 0.448. The average Bonchev–Trinajstić information content (AvgIpc) is 3.70. The Labute approximate surface area is 247 Å². The second kappa shape index (κ2) is 13.0. The van der Waals surface area contributed by atoms with Crippen LogP contribution >= 0.6 is 24.2 Å². The summed E-state index contributed by atoms with van der Waals surface area (Å²) in [4.78, 5) is 16.1. The summed E-state index contributed by atoms with van der Waals surface area (Å²) in [5.74, 6) is -0.170. The van der Waals surface area contributed by atoms with E-state index in [1.54, 1.807) is 12.1 Å². The Morgan fingerprint density at radius 2 is 1.77 bits per heavy atom. The Hall–Kier alpha value is -3.12. The van der Waals surface area contributed by atoms with Gasteiger partial charge < -0.3 is 10.2 Å². The van der Waals surface area contributed by atoms with Crippen LogP contribution in [-0.4, -0.2) is 26.9 Å². The minimum Gasteiger partial charge on any atom is -0.479 e. The van der Waals surface area contributed by atoms with Gasteiger partial charge in [-0.25, -0.2) is 9.78 Å². The molecular weight excluding hydrogens is 538 g/mol. The number of aryl methyl sites for hydroxylation is 2. The van der Waals surface area contributed by atoms with Crippen molar-refractivity contribution in [2.24, 2.45) is 5.41 Å². The number of aromatic nitrogens is 1. The van der Waals surface area contributed by atoms with E-state index in [0.717, 1.165) is 46.3 Å². The zero-order valence-corrected chi connectivity index (χ0v) is 24.6. The maximum absolute atomic E-state index is 11.5. The quantitative estimate of drug-likeness (QED) is 0.176. The highest BCUT2D eigenvalue weighted by molar-refractivity contribution is 7.80. The molecule has 4 aromatic rings. The SMILES string of the molecule is CC(O)(C(=O)O)c1ccccc1CCCc1cccc(/C=C/c2ccc3ccc(Cl)cc3n2)c1.CC1(CS)CC1. The van der Waals surface area contributed by atoms with E-state index in [1.807, 2.05) is 60.7 Å². The number of halogens is 1. The molecule has 4 nitrogen and oxygen atoms in total. The number of carboxylic acid groups (broad SMARTS) is 1. The highest BCUT2D eigenvalue weighted by atomic mass is 35.5. The van der Waals surface area contributed by atoms with Crippen LogP contribution in [0.25, 0.3) is 23.1 Å². The minimum atomic E-state index is -1.90. The number of rotatable bonds is 9. The third-order valence-electron chi connectivity index (χ3n) is 7.43. The molecule has 6 heteroatoms. The number of hydrogen-bond acceptors (Lipinski definition) is 4. The topological polar surface area (TPSA) is 70.4 Å². The lowest BCUT2D eigenvalue weighted by Crippen LogP contribution is -2.33. The van der Waals surface area contributed by atoms with E-state index in [-0.39, 0.29) is 0 Å². The fraction of sp³-hybridized carbons (Fsp3) is 0.294. The lowest BCUT2D eigenvalue weighted by molar-refractivity contribution is -0.157. The van der Waals surface area contributed by atoms with Crippen LogP contribution in [0.1, 0.15) is 61.1 Å². The van der Waals surface area contributed by atoms with Gasteiger partial charge in [0, 0.05) is 10.4 Å². The molecule has 1 aliphatic rings. The van der Waals surface area contributed by atoms with Gasteiger partial charge in [0.05, 0.1) is 11.2 Å². The zero-order valence-electron chi connectivity index (χ0n) is 23.0. The molecule has 2 N–H and O–H groups in total. The molecule has 1 atom stereocenters. The first-order chi connectivity index (χ1) is 19.1. The van der Waals surface area contributed by atoms with E-state index < -0.39 is 11.6 Å². The fourth-order valence-corrected chi connectivity index (χ4v) is 4.90. The lowest BCUT2D eigenvalue weighted by Gasteiger charge is -2.21. The van der Waals surface area contributed by atoms with Crippen LogP contribution in [0.15, 0.2) is 78.9 Å². The van der Waals surface area contributed by atoms with Gasteiger partial charge in [-0.3, -0.25) is 0 Å². The van der Waals surface area contributed by atoms with Crippen molar-refractivity contribution in [1.29, 1.82) is 0 Å². The number of pyridine rings is 1. The first-order valence-electron chi connectivity index (χ1n) is 13.6. The maximum Gasteiger partial charge on any atom is 0.340 e. The molecule has 1 aliphatic carbocycles. The van der Waals surface area contributed by atoms with Crippen molar-refractivity contribution in [2.45, 2.75) is 51.6 Å². The van der Waals surface area contributed by atoms with Crippen molar-refractivity contribution in [3.8, 4) is 0 Å². The summed E-state index contributed by atoms with van der Waals surface area (Å²) >= 11 is 10.3. The molecule has 0 radical (unpaired) electrons. The van der Waals surface area contributed by atoms with Crippen LogP contribution < -0.4 is 0 Å². The second-order valence-corrected chi connectivity index (χ2v) is 11.8. The summed E-state index contributed by atoms with van der Waals surface area (Å²) in [7, 11) is 0. The number of hydrogen-bond donors (Lipinski definition) is 3. The second-order valence-electron chi connectivity index (χ2n) is 11.0. The first kappa shape index (κ1) is 29.9. The fourth-order valence-electron chi connectivity index (χ4n) is 4.42. The largest absolute Gasteiger partial charge is 0.479 e. The molecule has 5 rings (SSSR count). The van der Waals surface area contributed by atoms with Gasteiger partial charge in [-0.1, -0.05) is 85.3 Å². The zero-order chi connectivity index (χ0) is 28.8. The van der Waals surface area contributed by atoms with Crippen LogP contribution in [0.3, 0.4) is 0 Å². The molecule has 0 spiro atoms. The van der Waals surface area contributed by atoms with Crippen LogP contribution in [0.2, 0.25) is 5.02 Å². The van der Waals surface area contributed by atoms with Gasteiger partial charge in [-0.15, -0.1) is 0 Å². The Bertz CT molecular complexity index is 1510. The van der Waals surface area contributed by atoms with Crippen molar-refractivity contribution < 1.29 is 15.0 Å². The number of aliphatic carboxylic acids is 1. The number of carboxylic acids is 1. The average molecular weight is 574 g/mol. The Morgan fingerprint density at radius 3 is 2.48 bits per heavy atom.